The summed E-state index contributed by atoms with van der Waals surface area (Å²) in [4.78, 5) is 14.9. The molecule has 1 atom stereocenters. The zero-order chi connectivity index (χ0) is 14.1. The normalized spacial score (nSPS) is 20.2. The maximum Gasteiger partial charge on any atom is 0.152 e. The summed E-state index contributed by atoms with van der Waals surface area (Å²) in [6, 6.07) is 0. The predicted octanol–water partition coefficient (Wildman–Crippen LogP) is 3.42. The molecule has 0 spiro atoms. The van der Waals surface area contributed by atoms with Gasteiger partial charge in [0, 0.05) is 19.5 Å². The summed E-state index contributed by atoms with van der Waals surface area (Å²) in [5.74, 6) is 0.424. The lowest BCUT2D eigenvalue weighted by molar-refractivity contribution is -0.134. The van der Waals surface area contributed by atoms with Crippen molar-refractivity contribution in [3.05, 3.63) is 0 Å². The average molecular weight is 269 g/mol. The topological polar surface area (TPSA) is 29.5 Å². The highest BCUT2D eigenvalue weighted by Gasteiger charge is 2.37. The van der Waals surface area contributed by atoms with Crippen LogP contribution in [-0.4, -0.2) is 42.5 Å². The summed E-state index contributed by atoms with van der Waals surface area (Å²) in [7, 11) is 0. The first-order chi connectivity index (χ1) is 9.15. The number of Topliss-reactive ketones (excluding diaryl/α,β-unsaturated/α-hetero) is 1. The van der Waals surface area contributed by atoms with Crippen molar-refractivity contribution < 1.29 is 9.53 Å². The second kappa shape index (κ2) is 8.70. The first-order valence-corrected chi connectivity index (χ1v) is 8.01. The Morgan fingerprint density at radius 1 is 1.11 bits per heavy atom. The third-order valence-electron chi connectivity index (χ3n) is 4.51. The van der Waals surface area contributed by atoms with Crippen molar-refractivity contribution in [2.75, 3.05) is 26.3 Å². The Labute approximate surface area is 118 Å². The van der Waals surface area contributed by atoms with Crippen LogP contribution in [0, 0.1) is 0 Å². The lowest BCUT2D eigenvalue weighted by Crippen LogP contribution is -2.56. The van der Waals surface area contributed by atoms with Gasteiger partial charge in [-0.15, -0.1) is 0 Å². The lowest BCUT2D eigenvalue weighted by atomic mass is 9.87. The second-order valence-electron chi connectivity index (χ2n) is 5.81. The maximum atomic E-state index is 12.5. The number of carbonyl (C=O) groups is 1. The molecule has 0 aliphatic carbocycles. The molecule has 0 aromatic rings. The molecular weight excluding hydrogens is 238 g/mol. The highest BCUT2D eigenvalue weighted by molar-refractivity contribution is 5.87. The molecule has 1 saturated heterocycles. The number of rotatable bonds is 9. The van der Waals surface area contributed by atoms with Crippen LogP contribution in [0.3, 0.4) is 0 Å². The van der Waals surface area contributed by atoms with E-state index in [-0.39, 0.29) is 5.54 Å². The molecule has 1 aliphatic heterocycles. The van der Waals surface area contributed by atoms with Gasteiger partial charge in [0.2, 0.25) is 0 Å². The molecule has 1 rings (SSSR count). The Kier molecular flexibility index (Phi) is 7.62. The molecular formula is C16H31NO2. The maximum absolute atomic E-state index is 12.5. The fourth-order valence-electron chi connectivity index (χ4n) is 2.81. The Balaban J connectivity index is 2.40. The highest BCUT2D eigenvalue weighted by Crippen LogP contribution is 2.24. The number of unbranched alkanes of at least 4 members (excludes halogenated alkanes) is 4. The third-order valence-corrected chi connectivity index (χ3v) is 4.51. The van der Waals surface area contributed by atoms with Gasteiger partial charge in [0.15, 0.2) is 5.78 Å². The summed E-state index contributed by atoms with van der Waals surface area (Å²) in [6.07, 6.45) is 7.72. The summed E-state index contributed by atoms with van der Waals surface area (Å²) in [5.41, 5.74) is -0.269. The Morgan fingerprint density at radius 3 is 2.32 bits per heavy atom. The predicted molar refractivity (Wildman–Crippen MR) is 79.5 cm³/mol. The number of hydrogen-bond acceptors (Lipinski definition) is 3. The fourth-order valence-corrected chi connectivity index (χ4v) is 2.81. The summed E-state index contributed by atoms with van der Waals surface area (Å²) in [5, 5.41) is 0. The minimum Gasteiger partial charge on any atom is -0.379 e. The molecule has 1 unspecified atom stereocenters. The van der Waals surface area contributed by atoms with Crippen LogP contribution < -0.4 is 0 Å². The molecule has 3 heteroatoms. The van der Waals surface area contributed by atoms with Crippen molar-refractivity contribution in [1.29, 1.82) is 0 Å². The summed E-state index contributed by atoms with van der Waals surface area (Å²) >= 11 is 0. The van der Waals surface area contributed by atoms with E-state index in [0.717, 1.165) is 45.6 Å². The molecule has 0 amide bonds. The van der Waals surface area contributed by atoms with Gasteiger partial charge in [-0.3, -0.25) is 9.69 Å². The van der Waals surface area contributed by atoms with Crippen LogP contribution in [0.4, 0.5) is 0 Å². The standard InChI is InChI=1S/C16H31NO2/c1-4-6-7-8-9-10-15(18)16(3,5-2)17-11-13-19-14-12-17/h4-14H2,1-3H3. The van der Waals surface area contributed by atoms with Gasteiger partial charge in [0.1, 0.15) is 0 Å². The molecule has 0 aromatic heterocycles. The molecule has 19 heavy (non-hydrogen) atoms. The number of nitrogens with zero attached hydrogens (tertiary/aromatic N) is 1. The van der Waals surface area contributed by atoms with E-state index in [4.69, 9.17) is 4.74 Å². The first kappa shape index (κ1) is 16.6. The summed E-state index contributed by atoms with van der Waals surface area (Å²) in [6.45, 7) is 9.78. The second-order valence-corrected chi connectivity index (χ2v) is 5.81. The van der Waals surface area contributed by atoms with E-state index in [1.807, 2.05) is 0 Å². The summed E-state index contributed by atoms with van der Waals surface area (Å²) < 4.78 is 5.39. The van der Waals surface area contributed by atoms with Crippen LogP contribution in [-0.2, 0) is 9.53 Å². The smallest absolute Gasteiger partial charge is 0.152 e. The van der Waals surface area contributed by atoms with E-state index in [2.05, 4.69) is 25.7 Å². The van der Waals surface area contributed by atoms with Crippen LogP contribution >= 0.6 is 0 Å². The number of carbonyl (C=O) groups excluding carboxylic acids is 1. The van der Waals surface area contributed by atoms with Crippen molar-refractivity contribution in [2.24, 2.45) is 0 Å². The molecule has 112 valence electrons. The third kappa shape index (κ3) is 4.88. The first-order valence-electron chi connectivity index (χ1n) is 8.01. The number of hydrogen-bond donors (Lipinski definition) is 0. The van der Waals surface area contributed by atoms with Crippen LogP contribution in [0.25, 0.3) is 0 Å². The van der Waals surface area contributed by atoms with Crippen LogP contribution in [0.1, 0.15) is 65.7 Å². The molecule has 0 N–H and O–H groups in total. The van der Waals surface area contributed by atoms with Crippen LogP contribution in [0.15, 0.2) is 0 Å². The van der Waals surface area contributed by atoms with Crippen molar-refractivity contribution in [3.8, 4) is 0 Å². The lowest BCUT2D eigenvalue weighted by Gasteiger charge is -2.41. The highest BCUT2D eigenvalue weighted by atomic mass is 16.5. The Morgan fingerprint density at radius 2 is 1.74 bits per heavy atom. The number of ether oxygens (including phenoxy) is 1. The van der Waals surface area contributed by atoms with E-state index < -0.39 is 0 Å². The van der Waals surface area contributed by atoms with Crippen LogP contribution in [0.2, 0.25) is 0 Å². The Bertz CT molecular complexity index is 261. The molecule has 1 heterocycles. The van der Waals surface area contributed by atoms with Gasteiger partial charge in [-0.1, -0.05) is 39.5 Å². The van der Waals surface area contributed by atoms with Crippen molar-refractivity contribution in [1.82, 2.24) is 4.90 Å². The van der Waals surface area contributed by atoms with E-state index in [1.54, 1.807) is 0 Å². The van der Waals surface area contributed by atoms with Gasteiger partial charge in [0.25, 0.3) is 0 Å². The van der Waals surface area contributed by atoms with Gasteiger partial charge in [0.05, 0.1) is 18.8 Å². The fraction of sp³-hybridized carbons (Fsp3) is 0.938. The van der Waals surface area contributed by atoms with E-state index in [1.165, 1.54) is 25.7 Å². The largest absolute Gasteiger partial charge is 0.379 e. The van der Waals surface area contributed by atoms with Gasteiger partial charge in [-0.2, -0.15) is 0 Å². The molecule has 0 radical (unpaired) electrons. The van der Waals surface area contributed by atoms with Gasteiger partial charge in [-0.25, -0.2) is 0 Å². The average Bonchev–Trinajstić information content (AvgIpc) is 2.46. The molecule has 1 fully saturated rings. The Hall–Kier alpha value is -0.410. The monoisotopic (exact) mass is 269 g/mol. The van der Waals surface area contributed by atoms with Crippen molar-refractivity contribution in [2.45, 2.75) is 71.3 Å². The minimum absolute atomic E-state index is 0.269. The van der Waals surface area contributed by atoms with E-state index in [0.29, 0.717) is 5.78 Å². The van der Waals surface area contributed by atoms with E-state index in [9.17, 15) is 4.79 Å². The van der Waals surface area contributed by atoms with Gasteiger partial charge in [-0.05, 0) is 19.8 Å². The van der Waals surface area contributed by atoms with E-state index >= 15 is 0 Å². The molecule has 1 aliphatic rings. The number of ketones is 1. The quantitative estimate of drug-likeness (QED) is 0.601. The van der Waals surface area contributed by atoms with Crippen LogP contribution in [0.5, 0.6) is 0 Å². The number of morpholine rings is 1. The zero-order valence-corrected chi connectivity index (χ0v) is 13.0. The van der Waals surface area contributed by atoms with Gasteiger partial charge < -0.3 is 4.74 Å². The molecule has 3 nitrogen and oxygen atoms in total. The molecule has 0 bridgehead atoms. The zero-order valence-electron chi connectivity index (χ0n) is 13.0. The molecule has 0 saturated carbocycles. The van der Waals surface area contributed by atoms with Crippen molar-refractivity contribution >= 4 is 5.78 Å². The van der Waals surface area contributed by atoms with Crippen molar-refractivity contribution in [3.63, 3.8) is 0 Å². The SMILES string of the molecule is CCCCCCCC(=O)C(C)(CC)N1CCOCC1. The minimum atomic E-state index is -0.269. The molecule has 0 aromatic carbocycles. The van der Waals surface area contributed by atoms with Gasteiger partial charge >= 0.3 is 0 Å².